The zero-order valence-corrected chi connectivity index (χ0v) is 12.0. The van der Waals surface area contributed by atoms with Crippen LogP contribution in [0.2, 0.25) is 0 Å². The standard InChI is InChI=1S/C15H25FN2/c1-10(2)13(9-17-4)15(18-5)12-6-7-14(16)11(3)8-12/h6-8,10,13,15,17-18H,9H2,1-5H3. The number of nitrogens with one attached hydrogen (secondary N) is 2. The topological polar surface area (TPSA) is 24.1 Å². The second-order valence-electron chi connectivity index (χ2n) is 5.24. The minimum atomic E-state index is -0.136. The van der Waals surface area contributed by atoms with Crippen LogP contribution < -0.4 is 10.6 Å². The van der Waals surface area contributed by atoms with Crippen LogP contribution in [0.4, 0.5) is 4.39 Å². The molecule has 102 valence electrons. The van der Waals surface area contributed by atoms with E-state index in [0.29, 0.717) is 17.4 Å². The van der Waals surface area contributed by atoms with E-state index in [4.69, 9.17) is 0 Å². The number of hydrogen-bond acceptors (Lipinski definition) is 2. The molecule has 0 radical (unpaired) electrons. The van der Waals surface area contributed by atoms with Crippen LogP contribution in [0.5, 0.6) is 0 Å². The van der Waals surface area contributed by atoms with E-state index in [9.17, 15) is 4.39 Å². The fourth-order valence-electron chi connectivity index (χ4n) is 2.46. The molecule has 2 nitrogen and oxygen atoms in total. The Bertz CT molecular complexity index is 377. The van der Waals surface area contributed by atoms with Gasteiger partial charge in [-0.2, -0.15) is 0 Å². The molecule has 0 bridgehead atoms. The van der Waals surface area contributed by atoms with Crippen molar-refractivity contribution < 1.29 is 4.39 Å². The van der Waals surface area contributed by atoms with Crippen LogP contribution in [0.3, 0.4) is 0 Å². The van der Waals surface area contributed by atoms with Gasteiger partial charge in [0.15, 0.2) is 0 Å². The van der Waals surface area contributed by atoms with Crippen molar-refractivity contribution in [3.63, 3.8) is 0 Å². The normalized spacial score (nSPS) is 14.8. The average molecular weight is 252 g/mol. The van der Waals surface area contributed by atoms with Gasteiger partial charge in [-0.3, -0.25) is 0 Å². The summed E-state index contributed by atoms with van der Waals surface area (Å²) in [5, 5.41) is 6.61. The van der Waals surface area contributed by atoms with Crippen molar-refractivity contribution in [3.8, 4) is 0 Å². The van der Waals surface area contributed by atoms with E-state index in [1.54, 1.807) is 6.07 Å². The molecule has 1 rings (SSSR count). The Balaban J connectivity index is 3.02. The molecule has 0 aromatic heterocycles. The van der Waals surface area contributed by atoms with E-state index in [0.717, 1.165) is 12.1 Å². The smallest absolute Gasteiger partial charge is 0.126 e. The van der Waals surface area contributed by atoms with Crippen molar-refractivity contribution in [2.75, 3.05) is 20.6 Å². The second-order valence-corrected chi connectivity index (χ2v) is 5.24. The van der Waals surface area contributed by atoms with Gasteiger partial charge in [-0.1, -0.05) is 26.0 Å². The molecule has 0 aliphatic heterocycles. The lowest BCUT2D eigenvalue weighted by molar-refractivity contribution is 0.284. The Labute approximate surface area is 110 Å². The van der Waals surface area contributed by atoms with E-state index in [1.165, 1.54) is 0 Å². The first-order valence-electron chi connectivity index (χ1n) is 6.59. The van der Waals surface area contributed by atoms with E-state index in [1.807, 2.05) is 33.2 Å². The third-order valence-electron chi connectivity index (χ3n) is 3.58. The highest BCUT2D eigenvalue weighted by Gasteiger charge is 2.24. The molecule has 0 aliphatic carbocycles. The molecule has 2 N–H and O–H groups in total. The van der Waals surface area contributed by atoms with Gasteiger partial charge >= 0.3 is 0 Å². The van der Waals surface area contributed by atoms with Gasteiger partial charge in [0.1, 0.15) is 5.82 Å². The van der Waals surface area contributed by atoms with Crippen molar-refractivity contribution in [1.29, 1.82) is 0 Å². The lowest BCUT2D eigenvalue weighted by Crippen LogP contribution is -2.35. The monoisotopic (exact) mass is 252 g/mol. The van der Waals surface area contributed by atoms with Crippen LogP contribution in [-0.2, 0) is 0 Å². The second kappa shape index (κ2) is 6.86. The summed E-state index contributed by atoms with van der Waals surface area (Å²) in [6.07, 6.45) is 0. The zero-order valence-electron chi connectivity index (χ0n) is 12.0. The summed E-state index contributed by atoms with van der Waals surface area (Å²) >= 11 is 0. The highest BCUT2D eigenvalue weighted by atomic mass is 19.1. The molecular weight excluding hydrogens is 227 g/mol. The minimum absolute atomic E-state index is 0.136. The number of rotatable bonds is 6. The molecule has 0 aliphatic rings. The van der Waals surface area contributed by atoms with Gasteiger partial charge < -0.3 is 10.6 Å². The van der Waals surface area contributed by atoms with Crippen molar-refractivity contribution in [2.45, 2.75) is 26.8 Å². The minimum Gasteiger partial charge on any atom is -0.319 e. The summed E-state index contributed by atoms with van der Waals surface area (Å²) in [5.74, 6) is 0.897. The molecule has 1 aromatic rings. The highest BCUT2D eigenvalue weighted by Crippen LogP contribution is 2.28. The Hall–Kier alpha value is -0.930. The van der Waals surface area contributed by atoms with E-state index in [2.05, 4.69) is 24.5 Å². The van der Waals surface area contributed by atoms with Crippen LogP contribution >= 0.6 is 0 Å². The zero-order chi connectivity index (χ0) is 13.7. The van der Waals surface area contributed by atoms with Crippen molar-refractivity contribution >= 4 is 0 Å². The van der Waals surface area contributed by atoms with E-state index in [-0.39, 0.29) is 11.9 Å². The first kappa shape index (κ1) is 15.1. The van der Waals surface area contributed by atoms with Crippen LogP contribution in [0.15, 0.2) is 18.2 Å². The lowest BCUT2D eigenvalue weighted by Gasteiger charge is -2.30. The Kier molecular flexibility index (Phi) is 5.76. The summed E-state index contributed by atoms with van der Waals surface area (Å²) < 4.78 is 13.3. The third-order valence-corrected chi connectivity index (χ3v) is 3.58. The predicted molar refractivity (Wildman–Crippen MR) is 75.2 cm³/mol. The molecule has 0 saturated carbocycles. The molecule has 0 spiro atoms. The summed E-state index contributed by atoms with van der Waals surface area (Å²) in [5.41, 5.74) is 1.87. The Morgan fingerprint density at radius 2 is 1.89 bits per heavy atom. The van der Waals surface area contributed by atoms with Crippen LogP contribution in [0.25, 0.3) is 0 Å². The van der Waals surface area contributed by atoms with Gasteiger partial charge in [0.25, 0.3) is 0 Å². The largest absolute Gasteiger partial charge is 0.319 e. The van der Waals surface area contributed by atoms with Gasteiger partial charge in [0.2, 0.25) is 0 Å². The highest BCUT2D eigenvalue weighted by molar-refractivity contribution is 5.27. The molecule has 1 aromatic carbocycles. The van der Waals surface area contributed by atoms with Gasteiger partial charge in [-0.25, -0.2) is 4.39 Å². The van der Waals surface area contributed by atoms with Crippen LogP contribution in [0.1, 0.15) is 31.0 Å². The summed E-state index contributed by atoms with van der Waals surface area (Å²) in [6, 6.07) is 5.64. The third kappa shape index (κ3) is 3.53. The molecule has 0 fully saturated rings. The fourth-order valence-corrected chi connectivity index (χ4v) is 2.46. The summed E-state index contributed by atoms with van der Waals surface area (Å²) in [6.45, 7) is 7.21. The number of benzene rings is 1. The molecule has 18 heavy (non-hydrogen) atoms. The maximum Gasteiger partial charge on any atom is 0.126 e. The van der Waals surface area contributed by atoms with Crippen molar-refractivity contribution in [1.82, 2.24) is 10.6 Å². The van der Waals surface area contributed by atoms with E-state index >= 15 is 0 Å². The predicted octanol–water partition coefficient (Wildman–Crippen LogP) is 2.89. The van der Waals surface area contributed by atoms with E-state index < -0.39 is 0 Å². The summed E-state index contributed by atoms with van der Waals surface area (Å²) in [7, 11) is 3.94. The van der Waals surface area contributed by atoms with Crippen LogP contribution in [0, 0.1) is 24.6 Å². The van der Waals surface area contributed by atoms with Gasteiger partial charge in [-0.05, 0) is 56.6 Å². The molecule has 0 saturated heterocycles. The van der Waals surface area contributed by atoms with Gasteiger partial charge in [0.05, 0.1) is 0 Å². The lowest BCUT2D eigenvalue weighted by atomic mass is 9.84. The fraction of sp³-hybridized carbons (Fsp3) is 0.600. The molecule has 3 heteroatoms. The molecular formula is C15H25FN2. The van der Waals surface area contributed by atoms with Crippen LogP contribution in [-0.4, -0.2) is 20.6 Å². The van der Waals surface area contributed by atoms with Gasteiger partial charge in [0, 0.05) is 6.04 Å². The maximum atomic E-state index is 13.3. The first-order valence-corrected chi connectivity index (χ1v) is 6.59. The maximum absolute atomic E-state index is 13.3. The SMILES string of the molecule is CNCC(C(C)C)C(NC)c1ccc(F)c(C)c1. The van der Waals surface area contributed by atoms with Crippen molar-refractivity contribution in [2.24, 2.45) is 11.8 Å². The number of hydrogen-bond donors (Lipinski definition) is 2. The van der Waals surface area contributed by atoms with Gasteiger partial charge in [-0.15, -0.1) is 0 Å². The Morgan fingerprint density at radius 3 is 2.33 bits per heavy atom. The number of halogens is 1. The molecule has 2 unspecified atom stereocenters. The molecule has 2 atom stereocenters. The summed E-state index contributed by atoms with van der Waals surface area (Å²) in [4.78, 5) is 0. The molecule has 0 amide bonds. The Morgan fingerprint density at radius 1 is 1.22 bits per heavy atom. The average Bonchev–Trinajstić information content (AvgIpc) is 2.33. The molecule has 0 heterocycles. The first-order chi connectivity index (χ1) is 8.51. The van der Waals surface area contributed by atoms with Crippen molar-refractivity contribution in [3.05, 3.63) is 35.1 Å². The number of aryl methyl sites for hydroxylation is 1. The quantitative estimate of drug-likeness (QED) is 0.813.